The van der Waals surface area contributed by atoms with Gasteiger partial charge in [-0.15, -0.1) is 0 Å². The van der Waals surface area contributed by atoms with Crippen molar-refractivity contribution in [3.63, 3.8) is 0 Å². The Labute approximate surface area is 82.4 Å². The zero-order valence-electron chi connectivity index (χ0n) is 7.75. The molecule has 1 aliphatic rings. The minimum absolute atomic E-state index is 0.940. The van der Waals surface area contributed by atoms with Crippen LogP contribution in [0.5, 0.6) is 0 Å². The second-order valence-electron chi connectivity index (χ2n) is 3.12. The van der Waals surface area contributed by atoms with Crippen LogP contribution in [-0.4, -0.2) is 13.1 Å². The minimum Gasteiger partial charge on any atom is -0.370 e. The average Bonchev–Trinajstić information content (AvgIpc) is 2.72. The molecule has 3 heteroatoms. The van der Waals surface area contributed by atoms with Crippen molar-refractivity contribution in [3.8, 4) is 6.07 Å². The van der Waals surface area contributed by atoms with Crippen molar-refractivity contribution < 1.29 is 0 Å². The van der Waals surface area contributed by atoms with Crippen LogP contribution in [0.15, 0.2) is 24.3 Å². The van der Waals surface area contributed by atoms with E-state index in [9.17, 15) is 0 Å². The average molecular weight is 185 g/mol. The molecule has 1 aromatic carbocycles. The fourth-order valence-corrected chi connectivity index (χ4v) is 1.46. The molecule has 1 aromatic rings. The lowest BCUT2D eigenvalue weighted by Gasteiger charge is -1.97. The fourth-order valence-electron chi connectivity index (χ4n) is 1.46. The molecule has 2 N–H and O–H groups in total. The molecule has 0 saturated carbocycles. The van der Waals surface area contributed by atoms with Crippen molar-refractivity contribution in [2.75, 3.05) is 13.1 Å². The van der Waals surface area contributed by atoms with Crippen molar-refractivity contribution >= 4 is 11.9 Å². The van der Waals surface area contributed by atoms with Gasteiger partial charge in [-0.1, -0.05) is 24.3 Å². The summed E-state index contributed by atoms with van der Waals surface area (Å²) in [6.45, 7) is 1.95. The van der Waals surface area contributed by atoms with Crippen LogP contribution < -0.4 is 21.1 Å². The highest BCUT2D eigenvalue weighted by molar-refractivity contribution is 5.44. The molecule has 0 spiro atoms. The first kappa shape index (κ1) is 8.64. The zero-order valence-corrected chi connectivity index (χ0v) is 7.75. The first-order valence-electron chi connectivity index (χ1n) is 4.58. The smallest absolute Gasteiger partial charge is 0.106 e. The quantitative estimate of drug-likeness (QED) is 0.559. The van der Waals surface area contributed by atoms with Crippen LogP contribution in [0.1, 0.15) is 0 Å². The highest BCUT2D eigenvalue weighted by Gasteiger charge is 2.02. The van der Waals surface area contributed by atoms with Crippen LogP contribution in [0.4, 0.5) is 0 Å². The molecule has 0 aliphatic carbocycles. The monoisotopic (exact) mass is 185 g/mol. The minimum atomic E-state index is 0.940. The van der Waals surface area contributed by atoms with Crippen molar-refractivity contribution in [1.29, 1.82) is 5.26 Å². The molecular formula is C11H11N3. The number of hydrogen-bond donors (Lipinski definition) is 2. The predicted octanol–water partition coefficient (Wildman–Crippen LogP) is -0.751. The number of nitrogens with zero attached hydrogens (tertiary/aromatic N) is 1. The van der Waals surface area contributed by atoms with Crippen LogP contribution in [-0.2, 0) is 0 Å². The third-order valence-electron chi connectivity index (χ3n) is 2.16. The highest BCUT2D eigenvalue weighted by atomic mass is 15.2. The van der Waals surface area contributed by atoms with E-state index in [-0.39, 0.29) is 0 Å². The van der Waals surface area contributed by atoms with Crippen LogP contribution >= 0.6 is 0 Å². The van der Waals surface area contributed by atoms with Crippen molar-refractivity contribution in [3.05, 3.63) is 34.7 Å². The number of nitrogens with one attached hydrogen (secondary N) is 2. The summed E-state index contributed by atoms with van der Waals surface area (Å²) in [6.07, 6.45) is 1.53. The van der Waals surface area contributed by atoms with Gasteiger partial charge in [-0.05, 0) is 5.22 Å². The molecule has 1 heterocycles. The maximum Gasteiger partial charge on any atom is 0.106 e. The van der Waals surface area contributed by atoms with Crippen LogP contribution in [0.25, 0.3) is 11.9 Å². The molecule has 0 bridgehead atoms. The van der Waals surface area contributed by atoms with Gasteiger partial charge < -0.3 is 10.6 Å². The van der Waals surface area contributed by atoms with Crippen LogP contribution in [0.3, 0.4) is 0 Å². The van der Waals surface area contributed by atoms with Gasteiger partial charge in [0.1, 0.15) is 5.82 Å². The lowest BCUT2D eigenvalue weighted by Crippen LogP contribution is -2.21. The van der Waals surface area contributed by atoms with Crippen molar-refractivity contribution in [2.45, 2.75) is 0 Å². The van der Waals surface area contributed by atoms with E-state index in [4.69, 9.17) is 5.26 Å². The van der Waals surface area contributed by atoms with Gasteiger partial charge in [-0.3, -0.25) is 0 Å². The van der Waals surface area contributed by atoms with E-state index in [1.54, 1.807) is 0 Å². The fraction of sp³-hybridized carbons (Fsp3) is 0.182. The van der Waals surface area contributed by atoms with Gasteiger partial charge in [0.2, 0.25) is 0 Å². The molecule has 1 fully saturated rings. The molecule has 0 atom stereocenters. The van der Waals surface area contributed by atoms with Crippen molar-refractivity contribution in [1.82, 2.24) is 10.6 Å². The Morgan fingerprint density at radius 2 is 1.79 bits per heavy atom. The Hall–Kier alpha value is -1.95. The molecule has 0 aromatic heterocycles. The first-order chi connectivity index (χ1) is 6.90. The van der Waals surface area contributed by atoms with E-state index >= 15 is 0 Å². The molecule has 0 unspecified atom stereocenters. The normalized spacial score (nSPS) is 14.1. The third kappa shape index (κ3) is 1.69. The third-order valence-corrected chi connectivity index (χ3v) is 2.16. The van der Waals surface area contributed by atoms with Gasteiger partial charge in [0.15, 0.2) is 0 Å². The number of rotatable bonds is 0. The highest BCUT2D eigenvalue weighted by Crippen LogP contribution is 1.86. The molecule has 70 valence electrons. The standard InChI is InChI=1S/C11H11N3/c12-6-5-9-1-3-10(4-2-9)11-13-7-8-14-11/h1-5,13-14H,7-8H2. The predicted molar refractivity (Wildman–Crippen MR) is 55.2 cm³/mol. The molecule has 0 radical (unpaired) electrons. The number of benzene rings is 1. The summed E-state index contributed by atoms with van der Waals surface area (Å²) in [6, 6.07) is 9.89. The number of hydrogen-bond acceptors (Lipinski definition) is 3. The van der Waals surface area contributed by atoms with E-state index in [1.807, 2.05) is 30.3 Å². The first-order valence-corrected chi connectivity index (χ1v) is 4.58. The topological polar surface area (TPSA) is 47.9 Å². The van der Waals surface area contributed by atoms with Crippen molar-refractivity contribution in [2.24, 2.45) is 0 Å². The molecule has 1 saturated heterocycles. The molecular weight excluding hydrogens is 174 g/mol. The molecule has 1 aliphatic heterocycles. The van der Waals surface area contributed by atoms with Gasteiger partial charge >= 0.3 is 0 Å². The summed E-state index contributed by atoms with van der Waals surface area (Å²) < 4.78 is 0. The van der Waals surface area contributed by atoms with E-state index < -0.39 is 0 Å². The Balaban J connectivity index is 2.45. The Morgan fingerprint density at radius 1 is 1.14 bits per heavy atom. The molecule has 0 amide bonds. The van der Waals surface area contributed by atoms with E-state index in [2.05, 4.69) is 10.6 Å². The largest absolute Gasteiger partial charge is 0.370 e. The number of nitriles is 1. The Kier molecular flexibility index (Phi) is 2.37. The summed E-state index contributed by atoms with van der Waals surface area (Å²) in [5.74, 6) is 1.08. The summed E-state index contributed by atoms with van der Waals surface area (Å²) in [4.78, 5) is 0. The maximum absolute atomic E-state index is 8.47. The maximum atomic E-state index is 8.47. The van der Waals surface area contributed by atoms with Gasteiger partial charge in [0.05, 0.1) is 6.07 Å². The Bertz CT molecular complexity index is 451. The SMILES string of the molecule is N#CC=c1ccc(=C2NCCN2)cc1. The lowest BCUT2D eigenvalue weighted by atomic mass is 10.2. The summed E-state index contributed by atoms with van der Waals surface area (Å²) >= 11 is 0. The van der Waals surface area contributed by atoms with E-state index in [1.165, 1.54) is 6.08 Å². The molecule has 2 rings (SSSR count). The van der Waals surface area contributed by atoms with Gasteiger partial charge in [-0.25, -0.2) is 0 Å². The van der Waals surface area contributed by atoms with Gasteiger partial charge in [0, 0.05) is 24.4 Å². The zero-order chi connectivity index (χ0) is 9.80. The summed E-state index contributed by atoms with van der Waals surface area (Å²) in [5.41, 5.74) is 0. The van der Waals surface area contributed by atoms with Gasteiger partial charge in [0.25, 0.3) is 0 Å². The van der Waals surface area contributed by atoms with Crippen LogP contribution in [0.2, 0.25) is 0 Å². The molecule has 3 nitrogen and oxygen atoms in total. The van der Waals surface area contributed by atoms with E-state index in [0.717, 1.165) is 29.3 Å². The van der Waals surface area contributed by atoms with Gasteiger partial charge in [-0.2, -0.15) is 5.26 Å². The van der Waals surface area contributed by atoms with E-state index in [0.29, 0.717) is 0 Å². The second-order valence-corrected chi connectivity index (χ2v) is 3.12. The Morgan fingerprint density at radius 3 is 2.36 bits per heavy atom. The summed E-state index contributed by atoms with van der Waals surface area (Å²) in [7, 11) is 0. The van der Waals surface area contributed by atoms with Crippen LogP contribution in [0, 0.1) is 11.3 Å². The second kappa shape index (κ2) is 3.84. The lowest BCUT2D eigenvalue weighted by molar-refractivity contribution is 0.942. The molecule has 14 heavy (non-hydrogen) atoms. The summed E-state index contributed by atoms with van der Waals surface area (Å²) in [5, 5.41) is 17.1.